The molecule has 8 nitrogen and oxygen atoms in total. The highest BCUT2D eigenvalue weighted by Crippen LogP contribution is 2.09. The van der Waals surface area contributed by atoms with Gasteiger partial charge in [0.25, 0.3) is 0 Å². The highest BCUT2D eigenvalue weighted by molar-refractivity contribution is 7.81. The molecule has 23 heavy (non-hydrogen) atoms. The number of aliphatic hydroxyl groups is 2. The Hall–Kier alpha value is -1.23. The standard InChI is InChI=1S/C6H6O4S.C4H10O3.C4H10O/c7-11(8,9)10-6-4-2-1-3-5-6;5-1-3-7-4-2-6;1-3-5-4-2/h1-5H,(H,7,8,9);5-6H,1-4H2;3-4H2,1-2H3. The summed E-state index contributed by atoms with van der Waals surface area (Å²) >= 11 is 0. The molecule has 0 heterocycles. The van der Waals surface area contributed by atoms with Gasteiger partial charge in [0.1, 0.15) is 5.75 Å². The predicted octanol–water partition coefficient (Wildman–Crippen LogP) is 0.899. The lowest BCUT2D eigenvalue weighted by atomic mass is 10.3. The number of hydrogen-bond donors (Lipinski definition) is 3. The number of benzene rings is 1. The fraction of sp³-hybridized carbons (Fsp3) is 0.571. The van der Waals surface area contributed by atoms with Crippen LogP contribution < -0.4 is 4.18 Å². The Bertz CT molecular complexity index is 429. The summed E-state index contributed by atoms with van der Waals surface area (Å²) < 4.78 is 42.1. The zero-order chi connectivity index (χ0) is 18.0. The van der Waals surface area contributed by atoms with E-state index < -0.39 is 10.4 Å². The maximum Gasteiger partial charge on any atom is 0.446 e. The molecule has 0 aromatic heterocycles. The van der Waals surface area contributed by atoms with E-state index in [4.69, 9.17) is 19.5 Å². The molecule has 0 aliphatic rings. The summed E-state index contributed by atoms with van der Waals surface area (Å²) in [5, 5.41) is 16.2. The van der Waals surface area contributed by atoms with Crippen molar-refractivity contribution in [2.75, 3.05) is 39.6 Å². The number of hydrogen-bond acceptors (Lipinski definition) is 7. The molecule has 0 atom stereocenters. The van der Waals surface area contributed by atoms with Crippen molar-refractivity contribution in [2.45, 2.75) is 13.8 Å². The maximum absolute atomic E-state index is 10.1. The lowest BCUT2D eigenvalue weighted by Gasteiger charge is -1.98. The largest absolute Gasteiger partial charge is 0.446 e. The van der Waals surface area contributed by atoms with Crippen molar-refractivity contribution in [1.29, 1.82) is 0 Å². The monoisotopic (exact) mass is 354 g/mol. The predicted molar refractivity (Wildman–Crippen MR) is 85.8 cm³/mol. The van der Waals surface area contributed by atoms with Crippen molar-refractivity contribution in [1.82, 2.24) is 0 Å². The number of para-hydroxylation sites is 1. The van der Waals surface area contributed by atoms with Gasteiger partial charge in [-0.2, -0.15) is 8.42 Å². The SMILES string of the molecule is CCOCC.O=S(=O)(O)Oc1ccccc1.OCCOCCO. The Balaban J connectivity index is 0. The average molecular weight is 354 g/mol. The minimum Gasteiger partial charge on any atom is -0.394 e. The van der Waals surface area contributed by atoms with E-state index in [-0.39, 0.29) is 19.0 Å². The van der Waals surface area contributed by atoms with Crippen molar-refractivity contribution in [3.05, 3.63) is 30.3 Å². The summed E-state index contributed by atoms with van der Waals surface area (Å²) in [5.41, 5.74) is 0. The third-order valence-electron chi connectivity index (χ3n) is 1.82. The summed E-state index contributed by atoms with van der Waals surface area (Å²) in [6.07, 6.45) is 0. The molecule has 1 rings (SSSR count). The van der Waals surface area contributed by atoms with E-state index in [2.05, 4.69) is 8.92 Å². The first kappa shape index (κ1) is 24.0. The van der Waals surface area contributed by atoms with E-state index in [9.17, 15) is 8.42 Å². The zero-order valence-electron chi connectivity index (χ0n) is 13.4. The Labute approximate surface area is 137 Å². The smallest absolute Gasteiger partial charge is 0.394 e. The van der Waals surface area contributed by atoms with Crippen LogP contribution in [0.3, 0.4) is 0 Å². The maximum atomic E-state index is 10.1. The molecule has 3 N–H and O–H groups in total. The van der Waals surface area contributed by atoms with E-state index in [1.54, 1.807) is 18.2 Å². The van der Waals surface area contributed by atoms with Gasteiger partial charge in [-0.15, -0.1) is 0 Å². The van der Waals surface area contributed by atoms with Crippen LogP contribution in [0.4, 0.5) is 0 Å². The van der Waals surface area contributed by atoms with Crippen LogP contribution in [0.5, 0.6) is 5.75 Å². The number of rotatable bonds is 8. The van der Waals surface area contributed by atoms with Gasteiger partial charge < -0.3 is 23.9 Å². The van der Waals surface area contributed by atoms with E-state index in [1.165, 1.54) is 12.1 Å². The molecule has 9 heteroatoms. The highest BCUT2D eigenvalue weighted by atomic mass is 32.3. The second kappa shape index (κ2) is 17.1. The van der Waals surface area contributed by atoms with Crippen LogP contribution >= 0.6 is 0 Å². The van der Waals surface area contributed by atoms with Crippen LogP contribution in [0.2, 0.25) is 0 Å². The first-order chi connectivity index (χ1) is 10.9. The highest BCUT2D eigenvalue weighted by Gasteiger charge is 2.04. The first-order valence-corrected chi connectivity index (χ1v) is 8.36. The van der Waals surface area contributed by atoms with Crippen LogP contribution in [0.25, 0.3) is 0 Å². The van der Waals surface area contributed by atoms with Gasteiger partial charge in [0.05, 0.1) is 26.4 Å². The molecule has 0 amide bonds. The molecule has 0 spiro atoms. The summed E-state index contributed by atoms with van der Waals surface area (Å²) in [6.45, 7) is 6.36. The topological polar surface area (TPSA) is 123 Å². The Morgan fingerprint density at radius 1 is 0.913 bits per heavy atom. The third kappa shape index (κ3) is 23.2. The number of ether oxygens (including phenoxy) is 2. The Kier molecular flexibility index (Phi) is 17.9. The van der Waals surface area contributed by atoms with Gasteiger partial charge in [-0.3, -0.25) is 4.55 Å². The second-order valence-corrected chi connectivity index (χ2v) is 4.69. The third-order valence-corrected chi connectivity index (χ3v) is 2.23. The lowest BCUT2D eigenvalue weighted by molar-refractivity contribution is 0.0650. The molecular weight excluding hydrogens is 328 g/mol. The average Bonchev–Trinajstić information content (AvgIpc) is 2.49. The van der Waals surface area contributed by atoms with E-state index >= 15 is 0 Å². The van der Waals surface area contributed by atoms with E-state index in [1.807, 2.05) is 13.8 Å². The molecule has 0 aliphatic carbocycles. The first-order valence-electron chi connectivity index (χ1n) is 7.00. The number of aliphatic hydroxyl groups excluding tert-OH is 2. The molecule has 0 bridgehead atoms. The molecule has 0 saturated heterocycles. The van der Waals surface area contributed by atoms with Gasteiger partial charge in [0, 0.05) is 13.2 Å². The van der Waals surface area contributed by atoms with Crippen LogP contribution in [-0.2, 0) is 19.9 Å². The van der Waals surface area contributed by atoms with Gasteiger partial charge in [0.2, 0.25) is 0 Å². The van der Waals surface area contributed by atoms with Crippen molar-refractivity contribution >= 4 is 10.4 Å². The minimum absolute atomic E-state index is 0.0278. The van der Waals surface area contributed by atoms with Crippen LogP contribution in [-0.4, -0.2) is 62.8 Å². The second-order valence-electron chi connectivity index (χ2n) is 3.67. The van der Waals surface area contributed by atoms with Crippen LogP contribution in [0.15, 0.2) is 30.3 Å². The minimum atomic E-state index is -4.38. The zero-order valence-corrected chi connectivity index (χ0v) is 14.2. The van der Waals surface area contributed by atoms with Crippen LogP contribution in [0, 0.1) is 0 Å². The van der Waals surface area contributed by atoms with E-state index in [0.717, 1.165) is 13.2 Å². The van der Waals surface area contributed by atoms with Gasteiger partial charge >= 0.3 is 10.4 Å². The summed E-state index contributed by atoms with van der Waals surface area (Å²) in [5.74, 6) is 0.0926. The van der Waals surface area contributed by atoms with Crippen LogP contribution in [0.1, 0.15) is 13.8 Å². The van der Waals surface area contributed by atoms with Crippen molar-refractivity contribution in [3.63, 3.8) is 0 Å². The molecular formula is C14H26O8S. The van der Waals surface area contributed by atoms with E-state index in [0.29, 0.717) is 13.2 Å². The Morgan fingerprint density at radius 3 is 1.70 bits per heavy atom. The lowest BCUT2D eigenvalue weighted by Crippen LogP contribution is -2.06. The van der Waals surface area contributed by atoms with Crippen molar-refractivity contribution < 1.29 is 36.8 Å². The molecule has 0 aliphatic heterocycles. The fourth-order valence-corrected chi connectivity index (χ4v) is 1.39. The molecule has 0 unspecified atom stereocenters. The molecule has 0 fully saturated rings. The summed E-state index contributed by atoms with van der Waals surface area (Å²) in [4.78, 5) is 0. The quantitative estimate of drug-likeness (QED) is 0.465. The Morgan fingerprint density at radius 2 is 1.39 bits per heavy atom. The van der Waals surface area contributed by atoms with Gasteiger partial charge in [-0.05, 0) is 26.0 Å². The molecule has 0 radical (unpaired) electrons. The van der Waals surface area contributed by atoms with Gasteiger partial charge in [-0.1, -0.05) is 18.2 Å². The van der Waals surface area contributed by atoms with Gasteiger partial charge in [0.15, 0.2) is 0 Å². The van der Waals surface area contributed by atoms with Crippen molar-refractivity contribution in [2.24, 2.45) is 0 Å². The molecule has 1 aromatic rings. The molecule has 1 aromatic carbocycles. The molecule has 0 saturated carbocycles. The fourth-order valence-electron chi connectivity index (χ4n) is 1.03. The van der Waals surface area contributed by atoms with Crippen molar-refractivity contribution in [3.8, 4) is 5.75 Å². The normalized spacial score (nSPS) is 9.96. The molecule has 136 valence electrons. The van der Waals surface area contributed by atoms with Gasteiger partial charge in [-0.25, -0.2) is 0 Å². The summed E-state index contributed by atoms with van der Waals surface area (Å²) in [7, 11) is -4.38. The summed E-state index contributed by atoms with van der Waals surface area (Å²) in [6, 6.07) is 7.75.